The van der Waals surface area contributed by atoms with Gasteiger partial charge in [-0.05, 0) is 25.0 Å². The first kappa shape index (κ1) is 15.4. The summed E-state index contributed by atoms with van der Waals surface area (Å²) in [5, 5.41) is 2.89. The molecule has 6 heteroatoms. The van der Waals surface area contributed by atoms with Crippen LogP contribution in [-0.4, -0.2) is 40.8 Å². The van der Waals surface area contributed by atoms with Crippen LogP contribution in [0.2, 0.25) is 0 Å². The molecule has 1 aromatic carbocycles. The number of thiocarbonyl (C=S) groups is 1. The number of hydrogen-bond donors (Lipinski definition) is 2. The van der Waals surface area contributed by atoms with E-state index in [0.29, 0.717) is 24.2 Å². The van der Waals surface area contributed by atoms with E-state index in [9.17, 15) is 9.59 Å². The number of piperidine rings is 1. The molecule has 0 saturated carbocycles. The van der Waals surface area contributed by atoms with Crippen molar-refractivity contribution in [2.75, 3.05) is 13.1 Å². The number of hydrogen-bond acceptors (Lipinski definition) is 3. The number of rotatable bonds is 3. The molecule has 21 heavy (non-hydrogen) atoms. The van der Waals surface area contributed by atoms with Gasteiger partial charge < -0.3 is 16.0 Å². The van der Waals surface area contributed by atoms with Gasteiger partial charge in [-0.1, -0.05) is 24.4 Å². The van der Waals surface area contributed by atoms with Crippen LogP contribution in [0.25, 0.3) is 0 Å². The van der Waals surface area contributed by atoms with Gasteiger partial charge in [-0.3, -0.25) is 9.59 Å². The minimum absolute atomic E-state index is 0.0191. The second-order valence-corrected chi connectivity index (χ2v) is 5.65. The molecule has 0 aliphatic carbocycles. The maximum atomic E-state index is 12.5. The molecule has 0 spiro atoms. The van der Waals surface area contributed by atoms with E-state index in [2.05, 4.69) is 5.32 Å². The van der Waals surface area contributed by atoms with Crippen LogP contribution < -0.4 is 11.1 Å². The van der Waals surface area contributed by atoms with E-state index in [1.807, 2.05) is 0 Å². The lowest BCUT2D eigenvalue weighted by Crippen LogP contribution is -2.46. The van der Waals surface area contributed by atoms with Crippen molar-refractivity contribution in [3.63, 3.8) is 0 Å². The van der Waals surface area contributed by atoms with E-state index in [0.717, 1.165) is 12.8 Å². The molecule has 2 amide bonds. The van der Waals surface area contributed by atoms with Gasteiger partial charge >= 0.3 is 0 Å². The smallest absolute Gasteiger partial charge is 0.253 e. The van der Waals surface area contributed by atoms with Crippen LogP contribution in [0.3, 0.4) is 0 Å². The molecule has 0 radical (unpaired) electrons. The lowest BCUT2D eigenvalue weighted by atomic mass is 10.0. The van der Waals surface area contributed by atoms with Gasteiger partial charge in [-0.15, -0.1) is 0 Å². The number of carbonyl (C=O) groups is 2. The molecule has 5 nitrogen and oxygen atoms in total. The summed E-state index contributed by atoms with van der Waals surface area (Å²) < 4.78 is 0. The second kappa shape index (κ2) is 6.67. The molecule has 1 fully saturated rings. The van der Waals surface area contributed by atoms with Crippen LogP contribution in [0.15, 0.2) is 24.3 Å². The van der Waals surface area contributed by atoms with Crippen molar-refractivity contribution in [3.05, 3.63) is 35.4 Å². The van der Waals surface area contributed by atoms with Crippen molar-refractivity contribution in [2.24, 2.45) is 5.73 Å². The van der Waals surface area contributed by atoms with Crippen LogP contribution in [0.5, 0.6) is 0 Å². The van der Waals surface area contributed by atoms with E-state index < -0.39 is 0 Å². The van der Waals surface area contributed by atoms with Gasteiger partial charge in [0.2, 0.25) is 5.91 Å². The van der Waals surface area contributed by atoms with E-state index in [4.69, 9.17) is 18.0 Å². The Morgan fingerprint density at radius 1 is 1.29 bits per heavy atom. The van der Waals surface area contributed by atoms with Crippen LogP contribution in [0.4, 0.5) is 0 Å². The van der Waals surface area contributed by atoms with E-state index >= 15 is 0 Å². The standard InChI is InChI=1S/C15H19N3O2S/c1-10(19)17-13-5-7-18(8-6-13)15(20)12-4-2-3-11(9-12)14(16)21/h2-4,9,13H,5-8H2,1H3,(H2,16,21)(H,17,19). The number of carbonyl (C=O) groups excluding carboxylic acids is 2. The Hall–Kier alpha value is -1.95. The Labute approximate surface area is 129 Å². The minimum atomic E-state index is -0.0241. The van der Waals surface area contributed by atoms with Crippen molar-refractivity contribution in [1.82, 2.24) is 10.2 Å². The monoisotopic (exact) mass is 305 g/mol. The summed E-state index contributed by atoms with van der Waals surface area (Å²) in [6.45, 7) is 2.79. The normalized spacial score (nSPS) is 15.6. The van der Waals surface area contributed by atoms with Gasteiger partial charge in [0, 0.05) is 37.2 Å². The fourth-order valence-corrected chi connectivity index (χ4v) is 2.63. The largest absolute Gasteiger partial charge is 0.389 e. The summed E-state index contributed by atoms with van der Waals surface area (Å²) in [6, 6.07) is 7.23. The Morgan fingerprint density at radius 2 is 1.90 bits per heavy atom. The van der Waals surface area contributed by atoms with Crippen molar-refractivity contribution in [2.45, 2.75) is 25.8 Å². The molecule has 0 unspecified atom stereocenters. The van der Waals surface area contributed by atoms with Gasteiger partial charge in [0.15, 0.2) is 0 Å². The average molecular weight is 305 g/mol. The van der Waals surface area contributed by atoms with Crippen LogP contribution in [-0.2, 0) is 4.79 Å². The molecule has 0 bridgehead atoms. The molecule has 0 aromatic heterocycles. The number of likely N-dealkylation sites (tertiary alicyclic amines) is 1. The van der Waals surface area contributed by atoms with E-state index in [-0.39, 0.29) is 22.8 Å². The van der Waals surface area contributed by atoms with Crippen molar-refractivity contribution in [3.8, 4) is 0 Å². The predicted octanol–water partition coefficient (Wildman–Crippen LogP) is 1.06. The molecule has 112 valence electrons. The van der Waals surface area contributed by atoms with E-state index in [1.54, 1.807) is 29.2 Å². The highest BCUT2D eigenvalue weighted by Crippen LogP contribution is 2.15. The highest BCUT2D eigenvalue weighted by molar-refractivity contribution is 7.80. The van der Waals surface area contributed by atoms with Gasteiger partial charge in [-0.2, -0.15) is 0 Å². The Kier molecular flexibility index (Phi) is 4.90. The minimum Gasteiger partial charge on any atom is -0.389 e. The van der Waals surface area contributed by atoms with Crippen LogP contribution in [0, 0.1) is 0 Å². The Morgan fingerprint density at radius 3 is 2.48 bits per heavy atom. The maximum Gasteiger partial charge on any atom is 0.253 e. The third kappa shape index (κ3) is 4.01. The summed E-state index contributed by atoms with van der Waals surface area (Å²) >= 11 is 4.93. The molecular formula is C15H19N3O2S. The topological polar surface area (TPSA) is 75.4 Å². The summed E-state index contributed by atoms with van der Waals surface area (Å²) in [5.74, 6) is -0.0432. The molecule has 0 atom stereocenters. The fourth-order valence-electron chi connectivity index (χ4n) is 2.50. The average Bonchev–Trinajstić information content (AvgIpc) is 2.47. The first-order valence-corrected chi connectivity index (χ1v) is 7.34. The zero-order valence-electron chi connectivity index (χ0n) is 12.0. The van der Waals surface area contributed by atoms with Gasteiger partial charge in [-0.25, -0.2) is 0 Å². The summed E-state index contributed by atoms with van der Waals surface area (Å²) in [6.07, 6.45) is 1.56. The second-order valence-electron chi connectivity index (χ2n) is 5.21. The maximum absolute atomic E-state index is 12.5. The van der Waals surface area contributed by atoms with Gasteiger partial charge in [0.05, 0.1) is 0 Å². The molecule has 1 saturated heterocycles. The molecule has 2 rings (SSSR count). The van der Waals surface area contributed by atoms with Crippen LogP contribution >= 0.6 is 12.2 Å². The number of amides is 2. The lowest BCUT2D eigenvalue weighted by Gasteiger charge is -2.32. The summed E-state index contributed by atoms with van der Waals surface area (Å²) in [4.78, 5) is 25.6. The zero-order chi connectivity index (χ0) is 15.4. The Balaban J connectivity index is 2.00. The van der Waals surface area contributed by atoms with Gasteiger partial charge in [0.1, 0.15) is 4.99 Å². The van der Waals surface area contributed by atoms with E-state index in [1.165, 1.54) is 6.92 Å². The highest BCUT2D eigenvalue weighted by atomic mass is 32.1. The molecule has 3 N–H and O–H groups in total. The van der Waals surface area contributed by atoms with Crippen molar-refractivity contribution < 1.29 is 9.59 Å². The quantitative estimate of drug-likeness (QED) is 0.819. The zero-order valence-corrected chi connectivity index (χ0v) is 12.8. The summed E-state index contributed by atoms with van der Waals surface area (Å²) in [5.41, 5.74) is 6.89. The molecule has 1 heterocycles. The van der Waals surface area contributed by atoms with Crippen molar-refractivity contribution >= 4 is 29.0 Å². The molecule has 1 aliphatic heterocycles. The highest BCUT2D eigenvalue weighted by Gasteiger charge is 2.24. The number of benzene rings is 1. The molecule has 1 aromatic rings. The third-order valence-corrected chi connectivity index (χ3v) is 3.82. The van der Waals surface area contributed by atoms with Crippen molar-refractivity contribution in [1.29, 1.82) is 0 Å². The molecular weight excluding hydrogens is 286 g/mol. The first-order valence-electron chi connectivity index (χ1n) is 6.93. The van der Waals surface area contributed by atoms with Gasteiger partial charge in [0.25, 0.3) is 5.91 Å². The number of nitrogens with two attached hydrogens (primary N) is 1. The van der Waals surface area contributed by atoms with Crippen LogP contribution in [0.1, 0.15) is 35.7 Å². The number of nitrogens with zero attached hydrogens (tertiary/aromatic N) is 1. The number of nitrogens with one attached hydrogen (secondary N) is 1. The lowest BCUT2D eigenvalue weighted by molar-refractivity contribution is -0.119. The SMILES string of the molecule is CC(=O)NC1CCN(C(=O)c2cccc(C(N)=S)c2)CC1. The summed E-state index contributed by atoms with van der Waals surface area (Å²) in [7, 11) is 0. The Bertz CT molecular complexity index is 566. The fraction of sp³-hybridized carbons (Fsp3) is 0.400. The predicted molar refractivity (Wildman–Crippen MR) is 85.1 cm³/mol. The molecule has 1 aliphatic rings. The third-order valence-electron chi connectivity index (χ3n) is 3.58. The first-order chi connectivity index (χ1) is 9.97.